The summed E-state index contributed by atoms with van der Waals surface area (Å²) in [5, 5.41) is 6.64. The van der Waals surface area contributed by atoms with Crippen LogP contribution in [0, 0.1) is 6.92 Å². The van der Waals surface area contributed by atoms with E-state index in [4.69, 9.17) is 23.2 Å². The number of rotatable bonds is 3. The molecule has 98 valence electrons. The van der Waals surface area contributed by atoms with Crippen molar-refractivity contribution < 1.29 is 4.79 Å². The lowest BCUT2D eigenvalue weighted by atomic mass is 10.2. The topological polar surface area (TPSA) is 41.5 Å². The van der Waals surface area contributed by atoms with E-state index in [0.29, 0.717) is 15.6 Å². The molecule has 2 aromatic rings. The molecule has 1 amide bonds. The molecule has 2 rings (SSSR count). The number of thiophene rings is 1. The highest BCUT2D eigenvalue weighted by atomic mass is 35.5. The summed E-state index contributed by atoms with van der Waals surface area (Å²) in [4.78, 5) is 12.8. The number of benzene rings is 1. The van der Waals surface area contributed by atoms with E-state index >= 15 is 0 Å². The van der Waals surface area contributed by atoms with E-state index in [2.05, 4.69) is 10.5 Å². The highest BCUT2D eigenvalue weighted by Crippen LogP contribution is 2.22. The number of amides is 1. The van der Waals surface area contributed by atoms with Gasteiger partial charge in [0.05, 0.1) is 16.3 Å². The quantitative estimate of drug-likeness (QED) is 0.672. The van der Waals surface area contributed by atoms with Crippen molar-refractivity contribution in [2.45, 2.75) is 6.92 Å². The van der Waals surface area contributed by atoms with Gasteiger partial charge in [0.25, 0.3) is 5.91 Å². The first-order valence-electron chi connectivity index (χ1n) is 5.40. The number of hydrogen-bond donors (Lipinski definition) is 1. The molecule has 0 spiro atoms. The lowest BCUT2D eigenvalue weighted by Crippen LogP contribution is -2.17. The number of nitrogens with one attached hydrogen (secondary N) is 1. The minimum atomic E-state index is -0.330. The lowest BCUT2D eigenvalue weighted by Gasteiger charge is -2.01. The molecule has 0 saturated heterocycles. The molecule has 0 atom stereocenters. The Labute approximate surface area is 124 Å². The summed E-state index contributed by atoms with van der Waals surface area (Å²) in [6, 6.07) is 6.67. The van der Waals surface area contributed by atoms with Gasteiger partial charge in [0.15, 0.2) is 0 Å². The Balaban J connectivity index is 2.03. The largest absolute Gasteiger partial charge is 0.271 e. The maximum Gasteiger partial charge on any atom is 0.271 e. The Morgan fingerprint density at radius 2 is 2.11 bits per heavy atom. The maximum atomic E-state index is 11.8. The maximum absolute atomic E-state index is 11.8. The summed E-state index contributed by atoms with van der Waals surface area (Å²) >= 11 is 13.2. The Kier molecular flexibility index (Phi) is 4.58. The molecule has 0 aliphatic rings. The highest BCUT2D eigenvalue weighted by Gasteiger charge is 2.06. The molecule has 3 nitrogen and oxygen atoms in total. The fourth-order valence-corrected chi connectivity index (χ4v) is 2.45. The zero-order valence-corrected chi connectivity index (χ0v) is 12.3. The number of carbonyl (C=O) groups excluding carboxylic acids is 1. The van der Waals surface area contributed by atoms with Gasteiger partial charge < -0.3 is 0 Å². The Bertz CT molecular complexity index is 637. The van der Waals surface area contributed by atoms with E-state index in [1.165, 1.54) is 6.07 Å². The third-order valence-corrected chi connectivity index (χ3v) is 4.12. The van der Waals surface area contributed by atoms with Crippen LogP contribution in [-0.2, 0) is 0 Å². The number of nitrogens with zero attached hydrogens (tertiary/aromatic N) is 1. The second-order valence-electron chi connectivity index (χ2n) is 3.80. The van der Waals surface area contributed by atoms with Crippen molar-refractivity contribution in [1.29, 1.82) is 0 Å². The minimum Gasteiger partial charge on any atom is -0.267 e. The zero-order valence-electron chi connectivity index (χ0n) is 9.98. The molecule has 0 aliphatic heterocycles. The Morgan fingerprint density at radius 3 is 2.74 bits per heavy atom. The fraction of sp³-hybridized carbons (Fsp3) is 0.0769. The molecule has 19 heavy (non-hydrogen) atoms. The monoisotopic (exact) mass is 312 g/mol. The van der Waals surface area contributed by atoms with Gasteiger partial charge in [-0.25, -0.2) is 5.43 Å². The van der Waals surface area contributed by atoms with E-state index in [0.717, 1.165) is 10.4 Å². The number of carbonyl (C=O) groups is 1. The van der Waals surface area contributed by atoms with Crippen LogP contribution in [0.25, 0.3) is 0 Å². The van der Waals surface area contributed by atoms with Crippen molar-refractivity contribution in [3.05, 3.63) is 55.7 Å². The van der Waals surface area contributed by atoms with E-state index < -0.39 is 0 Å². The van der Waals surface area contributed by atoms with Gasteiger partial charge in [0, 0.05) is 10.4 Å². The molecular formula is C13H10Cl2N2OS. The predicted octanol–water partition coefficient (Wildman–Crippen LogP) is 4.13. The molecule has 6 heteroatoms. The predicted molar refractivity (Wildman–Crippen MR) is 80.6 cm³/mol. The van der Waals surface area contributed by atoms with E-state index in [1.54, 1.807) is 29.7 Å². The van der Waals surface area contributed by atoms with Crippen LogP contribution in [0.15, 0.2) is 34.7 Å². The van der Waals surface area contributed by atoms with Gasteiger partial charge in [-0.05, 0) is 42.1 Å². The van der Waals surface area contributed by atoms with E-state index in [9.17, 15) is 4.79 Å². The first-order chi connectivity index (χ1) is 9.08. The van der Waals surface area contributed by atoms with Crippen LogP contribution in [0.3, 0.4) is 0 Å². The minimum absolute atomic E-state index is 0.330. The molecule has 0 aliphatic carbocycles. The van der Waals surface area contributed by atoms with Crippen LogP contribution in [0.2, 0.25) is 10.0 Å². The van der Waals surface area contributed by atoms with E-state index in [1.807, 2.05) is 18.4 Å². The third kappa shape index (κ3) is 3.56. The standard InChI is InChI=1S/C13H10Cl2N2OS/c1-8-4-5-19-12(8)7-16-17-13(18)9-2-3-10(14)11(15)6-9/h2-7H,1H3,(H,17,18)/b16-7-. The van der Waals surface area contributed by atoms with Crippen LogP contribution in [0.5, 0.6) is 0 Å². The summed E-state index contributed by atoms with van der Waals surface area (Å²) in [7, 11) is 0. The smallest absolute Gasteiger partial charge is 0.267 e. The van der Waals surface area contributed by atoms with Crippen molar-refractivity contribution in [1.82, 2.24) is 5.43 Å². The average Bonchev–Trinajstić information content (AvgIpc) is 2.78. The van der Waals surface area contributed by atoms with Crippen molar-refractivity contribution >= 4 is 46.7 Å². The van der Waals surface area contributed by atoms with Gasteiger partial charge in [-0.2, -0.15) is 5.10 Å². The lowest BCUT2D eigenvalue weighted by molar-refractivity contribution is 0.0955. The van der Waals surface area contributed by atoms with Crippen LogP contribution < -0.4 is 5.43 Å². The second-order valence-corrected chi connectivity index (χ2v) is 5.56. The van der Waals surface area contributed by atoms with Crippen molar-refractivity contribution in [2.24, 2.45) is 5.10 Å². The Hall–Kier alpha value is -1.36. The molecule has 0 saturated carbocycles. The number of hydrazone groups is 1. The van der Waals surface area contributed by atoms with Gasteiger partial charge in [-0.3, -0.25) is 4.79 Å². The third-order valence-electron chi connectivity index (χ3n) is 2.43. The zero-order chi connectivity index (χ0) is 13.8. The van der Waals surface area contributed by atoms with E-state index in [-0.39, 0.29) is 5.91 Å². The molecule has 0 radical (unpaired) electrons. The van der Waals surface area contributed by atoms with Gasteiger partial charge in [-0.15, -0.1) is 11.3 Å². The molecule has 0 fully saturated rings. The molecule has 1 aromatic carbocycles. The van der Waals surface area contributed by atoms with Crippen LogP contribution in [0.1, 0.15) is 20.8 Å². The molecular weight excluding hydrogens is 303 g/mol. The van der Waals surface area contributed by atoms with Gasteiger partial charge in [-0.1, -0.05) is 23.2 Å². The fourth-order valence-electron chi connectivity index (χ4n) is 1.37. The van der Waals surface area contributed by atoms with Gasteiger partial charge >= 0.3 is 0 Å². The normalized spacial score (nSPS) is 10.9. The van der Waals surface area contributed by atoms with Crippen LogP contribution in [-0.4, -0.2) is 12.1 Å². The molecule has 1 N–H and O–H groups in total. The molecule has 1 heterocycles. The summed E-state index contributed by atoms with van der Waals surface area (Å²) in [5.74, 6) is -0.330. The summed E-state index contributed by atoms with van der Waals surface area (Å²) < 4.78 is 0. The second kappa shape index (κ2) is 6.19. The number of aryl methyl sites for hydroxylation is 1. The summed E-state index contributed by atoms with van der Waals surface area (Å²) in [5.41, 5.74) is 3.98. The molecule has 0 bridgehead atoms. The Morgan fingerprint density at radius 1 is 1.32 bits per heavy atom. The number of hydrogen-bond acceptors (Lipinski definition) is 3. The first-order valence-corrected chi connectivity index (χ1v) is 7.04. The summed E-state index contributed by atoms with van der Waals surface area (Å²) in [6.45, 7) is 1.98. The van der Waals surface area contributed by atoms with Gasteiger partial charge in [0.1, 0.15) is 0 Å². The van der Waals surface area contributed by atoms with Crippen molar-refractivity contribution in [3.8, 4) is 0 Å². The SMILES string of the molecule is Cc1ccsc1/C=N\NC(=O)c1ccc(Cl)c(Cl)c1. The van der Waals surface area contributed by atoms with Crippen LogP contribution >= 0.6 is 34.5 Å². The average molecular weight is 313 g/mol. The molecule has 1 aromatic heterocycles. The van der Waals surface area contributed by atoms with Gasteiger partial charge in [0.2, 0.25) is 0 Å². The molecule has 0 unspecified atom stereocenters. The van der Waals surface area contributed by atoms with Crippen molar-refractivity contribution in [2.75, 3.05) is 0 Å². The summed E-state index contributed by atoms with van der Waals surface area (Å²) in [6.07, 6.45) is 1.62. The first kappa shape index (κ1) is 14.1. The highest BCUT2D eigenvalue weighted by molar-refractivity contribution is 7.11. The van der Waals surface area contributed by atoms with Crippen molar-refractivity contribution in [3.63, 3.8) is 0 Å². The number of halogens is 2. The van der Waals surface area contributed by atoms with Crippen LogP contribution in [0.4, 0.5) is 0 Å².